The van der Waals surface area contributed by atoms with Gasteiger partial charge in [-0.25, -0.2) is 4.57 Å². The topological polar surface area (TPSA) is 172 Å². The van der Waals surface area contributed by atoms with Crippen molar-refractivity contribution in [2.45, 2.75) is 193 Å². The Morgan fingerprint density at radius 1 is 0.552 bits per heavy atom. The number of carbonyl (C=O) groups is 3. The number of phosphoric ester groups is 1. The number of hydrogen-bond acceptors (Lipinski definition) is 9. The van der Waals surface area contributed by atoms with Crippen LogP contribution in [0.2, 0.25) is 0 Å². The molecule has 0 aliphatic heterocycles. The lowest BCUT2D eigenvalue weighted by molar-refractivity contribution is -0.161. The minimum absolute atomic E-state index is 0.145. The van der Waals surface area contributed by atoms with Crippen molar-refractivity contribution in [3.8, 4) is 0 Å². The molecule has 0 aromatic heterocycles. The Morgan fingerprint density at radius 2 is 0.966 bits per heavy atom. The van der Waals surface area contributed by atoms with Gasteiger partial charge in [0.1, 0.15) is 12.6 Å². The van der Waals surface area contributed by atoms with E-state index < -0.39 is 51.1 Å². The number of esters is 2. The number of carbonyl (C=O) groups excluding carboxylic acids is 2. The highest BCUT2D eigenvalue weighted by Gasteiger charge is 2.28. The van der Waals surface area contributed by atoms with Crippen molar-refractivity contribution in [3.05, 3.63) is 60.8 Å². The van der Waals surface area contributed by atoms with Gasteiger partial charge in [0, 0.05) is 12.8 Å². The molecule has 4 N–H and O–H groups in total. The van der Waals surface area contributed by atoms with Gasteiger partial charge in [-0.1, -0.05) is 152 Å². The van der Waals surface area contributed by atoms with Crippen LogP contribution in [-0.4, -0.2) is 59.9 Å². The van der Waals surface area contributed by atoms with E-state index in [1.807, 2.05) is 0 Å². The van der Waals surface area contributed by atoms with E-state index in [0.29, 0.717) is 12.8 Å². The molecule has 0 bridgehead atoms. The van der Waals surface area contributed by atoms with Gasteiger partial charge in [-0.3, -0.25) is 23.4 Å². The van der Waals surface area contributed by atoms with Gasteiger partial charge in [-0.2, -0.15) is 0 Å². The molecule has 0 amide bonds. The Kier molecular flexibility index (Phi) is 38.9. The van der Waals surface area contributed by atoms with Crippen molar-refractivity contribution in [1.82, 2.24) is 0 Å². The number of unbranched alkanes of at least 4 members (excludes halogenated alkanes) is 17. The summed E-state index contributed by atoms with van der Waals surface area (Å²) in [5, 5.41) is 8.89. The van der Waals surface area contributed by atoms with Gasteiger partial charge >= 0.3 is 25.7 Å². The zero-order valence-corrected chi connectivity index (χ0v) is 37.0. The minimum atomic E-state index is -4.73. The van der Waals surface area contributed by atoms with Gasteiger partial charge < -0.3 is 25.2 Å². The van der Waals surface area contributed by atoms with Crippen molar-refractivity contribution < 1.29 is 47.5 Å². The summed E-state index contributed by atoms with van der Waals surface area (Å²) in [6.07, 6.45) is 47.2. The van der Waals surface area contributed by atoms with E-state index >= 15 is 0 Å². The Bertz CT molecular complexity index is 1210. The van der Waals surface area contributed by atoms with E-state index in [-0.39, 0.29) is 19.4 Å². The summed E-state index contributed by atoms with van der Waals surface area (Å²) >= 11 is 0. The highest BCUT2D eigenvalue weighted by molar-refractivity contribution is 7.47. The van der Waals surface area contributed by atoms with Crippen LogP contribution in [0.3, 0.4) is 0 Å². The molecule has 0 saturated carbocycles. The predicted octanol–water partition coefficient (Wildman–Crippen LogP) is 12.0. The third kappa shape index (κ3) is 40.0. The fraction of sp³-hybridized carbons (Fsp3) is 0.717. The molecule has 0 radical (unpaired) electrons. The molecule has 0 saturated heterocycles. The van der Waals surface area contributed by atoms with Gasteiger partial charge in [0.25, 0.3) is 0 Å². The molecule has 0 heterocycles. The van der Waals surface area contributed by atoms with Gasteiger partial charge in [0.15, 0.2) is 6.10 Å². The van der Waals surface area contributed by atoms with E-state index in [4.69, 9.17) is 24.8 Å². The Morgan fingerprint density at radius 3 is 1.50 bits per heavy atom. The molecule has 11 nitrogen and oxygen atoms in total. The molecule has 0 aromatic rings. The summed E-state index contributed by atoms with van der Waals surface area (Å²) in [5.74, 6) is -2.44. The van der Waals surface area contributed by atoms with E-state index in [2.05, 4.69) is 79.1 Å². The molecule has 12 heteroatoms. The second kappa shape index (κ2) is 40.9. The number of nitrogens with two attached hydrogens (primary N) is 1. The molecule has 334 valence electrons. The standard InChI is InChI=1S/C46H80NO10P/c1-3-5-7-9-11-13-15-17-19-20-21-22-24-26-28-30-32-34-36-38-45(49)57-42(40-55-58(52,53)56-41-43(47)46(50)51)39-54-44(48)37-35-33-31-29-27-25-23-18-16-14-12-10-8-6-4-2/h6,8,12,14,18,20-21,23,27,29,42-43H,3-5,7,9-11,13,15-17,19,22,24-26,28,30-41,47H2,1-2H3,(H,50,51)(H,52,53)/b8-6-,14-12-,21-20-,23-18-,29-27-/t42-,43+/m1/s1. The second-order valence-corrected chi connectivity index (χ2v) is 16.2. The van der Waals surface area contributed by atoms with Crippen molar-refractivity contribution >= 4 is 25.7 Å². The first kappa shape index (κ1) is 55.2. The van der Waals surface area contributed by atoms with Gasteiger partial charge in [-0.05, 0) is 77.0 Å². The van der Waals surface area contributed by atoms with Crippen molar-refractivity contribution in [2.24, 2.45) is 5.73 Å². The van der Waals surface area contributed by atoms with E-state index in [1.165, 1.54) is 70.6 Å². The molecule has 0 spiro atoms. The first-order valence-corrected chi connectivity index (χ1v) is 23.8. The van der Waals surface area contributed by atoms with Gasteiger partial charge in [0.2, 0.25) is 0 Å². The van der Waals surface area contributed by atoms with E-state index in [1.54, 1.807) is 0 Å². The molecule has 58 heavy (non-hydrogen) atoms. The van der Waals surface area contributed by atoms with Gasteiger partial charge in [0.05, 0.1) is 13.2 Å². The van der Waals surface area contributed by atoms with Crippen molar-refractivity contribution in [3.63, 3.8) is 0 Å². The Balaban J connectivity index is 4.40. The van der Waals surface area contributed by atoms with Crippen LogP contribution >= 0.6 is 7.82 Å². The lowest BCUT2D eigenvalue weighted by Gasteiger charge is -2.20. The minimum Gasteiger partial charge on any atom is -0.480 e. The third-order valence-electron chi connectivity index (χ3n) is 9.25. The fourth-order valence-electron chi connectivity index (χ4n) is 5.76. The normalized spacial score (nSPS) is 14.3. The predicted molar refractivity (Wildman–Crippen MR) is 235 cm³/mol. The molecule has 0 fully saturated rings. The molecule has 0 aromatic carbocycles. The number of rotatable bonds is 41. The number of phosphoric acid groups is 1. The smallest absolute Gasteiger partial charge is 0.472 e. The molecule has 0 aliphatic carbocycles. The van der Waals surface area contributed by atoms with Crippen LogP contribution in [0.1, 0.15) is 181 Å². The first-order chi connectivity index (χ1) is 28.1. The summed E-state index contributed by atoms with van der Waals surface area (Å²) in [5.41, 5.74) is 5.33. The van der Waals surface area contributed by atoms with Crippen LogP contribution in [0.5, 0.6) is 0 Å². The van der Waals surface area contributed by atoms with Crippen LogP contribution in [0, 0.1) is 0 Å². The number of hydrogen-bond donors (Lipinski definition) is 3. The van der Waals surface area contributed by atoms with E-state index in [0.717, 1.165) is 70.6 Å². The number of carboxylic acids is 1. The zero-order valence-electron chi connectivity index (χ0n) is 36.1. The Hall–Kier alpha value is -2.82. The SMILES string of the molecule is CC/C=C\C/C=C\C/C=C\C/C=C\CCCCC(=O)OC[C@H](COP(=O)(O)OC[C@H](N)C(=O)O)OC(=O)CCCCCCCCC/C=C\CCCCCCCCCC. The quantitative estimate of drug-likeness (QED) is 0.0231. The zero-order chi connectivity index (χ0) is 42.8. The van der Waals surface area contributed by atoms with Crippen LogP contribution in [0.15, 0.2) is 60.8 Å². The number of carboxylic acid groups (broad SMARTS) is 1. The maximum Gasteiger partial charge on any atom is 0.472 e. The average molecular weight is 838 g/mol. The fourth-order valence-corrected chi connectivity index (χ4v) is 6.53. The third-order valence-corrected chi connectivity index (χ3v) is 10.2. The maximum atomic E-state index is 12.6. The first-order valence-electron chi connectivity index (χ1n) is 22.3. The van der Waals surface area contributed by atoms with Crippen LogP contribution in [0.25, 0.3) is 0 Å². The monoisotopic (exact) mass is 838 g/mol. The summed E-state index contributed by atoms with van der Waals surface area (Å²) in [4.78, 5) is 46.0. The lowest BCUT2D eigenvalue weighted by Crippen LogP contribution is -2.34. The molecule has 1 unspecified atom stereocenters. The van der Waals surface area contributed by atoms with Gasteiger partial charge in [-0.15, -0.1) is 0 Å². The highest BCUT2D eigenvalue weighted by atomic mass is 31.2. The summed E-state index contributed by atoms with van der Waals surface area (Å²) < 4.78 is 32.7. The molecule has 0 rings (SSSR count). The van der Waals surface area contributed by atoms with Crippen LogP contribution < -0.4 is 5.73 Å². The highest BCUT2D eigenvalue weighted by Crippen LogP contribution is 2.43. The molecular weight excluding hydrogens is 757 g/mol. The number of ether oxygens (including phenoxy) is 2. The van der Waals surface area contributed by atoms with Crippen molar-refractivity contribution in [2.75, 3.05) is 19.8 Å². The largest absolute Gasteiger partial charge is 0.480 e. The number of allylic oxidation sites excluding steroid dienone is 10. The number of aliphatic carboxylic acids is 1. The molecule has 0 aliphatic rings. The summed E-state index contributed by atoms with van der Waals surface area (Å²) in [6.45, 7) is 2.64. The van der Waals surface area contributed by atoms with Crippen LogP contribution in [0.4, 0.5) is 0 Å². The van der Waals surface area contributed by atoms with Crippen molar-refractivity contribution in [1.29, 1.82) is 0 Å². The molecular formula is C46H80NO10P. The summed E-state index contributed by atoms with van der Waals surface area (Å²) in [7, 11) is -4.73. The second-order valence-electron chi connectivity index (χ2n) is 14.8. The summed E-state index contributed by atoms with van der Waals surface area (Å²) in [6, 6.07) is -1.53. The van der Waals surface area contributed by atoms with E-state index in [9.17, 15) is 23.8 Å². The lowest BCUT2D eigenvalue weighted by atomic mass is 10.1. The Labute approximate surface area is 351 Å². The maximum absolute atomic E-state index is 12.6. The van der Waals surface area contributed by atoms with Crippen LogP contribution in [-0.2, 0) is 37.5 Å². The average Bonchev–Trinajstić information content (AvgIpc) is 3.20. The molecule has 3 atom stereocenters.